The van der Waals surface area contributed by atoms with Crippen LogP contribution in [0.1, 0.15) is 34.7 Å². The second-order valence-corrected chi connectivity index (χ2v) is 4.17. The Bertz CT molecular complexity index is 374. The second-order valence-electron chi connectivity index (χ2n) is 3.36. The van der Waals surface area contributed by atoms with Crippen LogP contribution in [-0.2, 0) is 4.74 Å². The van der Waals surface area contributed by atoms with E-state index in [2.05, 4.69) is 20.9 Å². The van der Waals surface area contributed by atoms with Gasteiger partial charge >= 0.3 is 5.97 Å². The first kappa shape index (κ1) is 9.65. The van der Waals surface area contributed by atoms with Crippen LogP contribution in [-0.4, -0.2) is 18.1 Å². The van der Waals surface area contributed by atoms with Gasteiger partial charge < -0.3 is 4.74 Å². The van der Waals surface area contributed by atoms with Crippen molar-refractivity contribution in [1.82, 2.24) is 4.98 Å². The number of halogens is 1. The van der Waals surface area contributed by atoms with Gasteiger partial charge in [-0.2, -0.15) is 0 Å². The van der Waals surface area contributed by atoms with Crippen molar-refractivity contribution in [3.05, 3.63) is 28.0 Å². The topological polar surface area (TPSA) is 39.2 Å². The number of rotatable bonds is 2. The zero-order valence-corrected chi connectivity index (χ0v) is 9.37. The average molecular weight is 256 g/mol. The number of hydrogen-bond acceptors (Lipinski definition) is 3. The number of methoxy groups -OCH3 is 1. The molecule has 1 aromatic heterocycles. The van der Waals surface area contributed by atoms with E-state index in [1.165, 1.54) is 7.11 Å². The van der Waals surface area contributed by atoms with Gasteiger partial charge in [0.05, 0.1) is 12.7 Å². The number of nitrogens with zero attached hydrogens (tertiary/aromatic N) is 1. The lowest BCUT2D eigenvalue weighted by Crippen LogP contribution is -2.05. The zero-order chi connectivity index (χ0) is 10.1. The normalized spacial score (nSPS) is 15.3. The molecule has 1 saturated carbocycles. The molecule has 1 heterocycles. The van der Waals surface area contributed by atoms with Gasteiger partial charge in [-0.25, -0.2) is 9.78 Å². The Morgan fingerprint density at radius 2 is 2.36 bits per heavy atom. The summed E-state index contributed by atoms with van der Waals surface area (Å²) in [6.07, 6.45) is 4.05. The molecule has 14 heavy (non-hydrogen) atoms. The molecular weight excluding hydrogens is 246 g/mol. The molecule has 0 amide bonds. The average Bonchev–Trinajstić information content (AvgIpc) is 3.00. The van der Waals surface area contributed by atoms with Gasteiger partial charge in [-0.1, -0.05) is 0 Å². The number of esters is 1. The molecule has 1 aromatic rings. The summed E-state index contributed by atoms with van der Waals surface area (Å²) in [7, 11) is 1.40. The third-order valence-electron chi connectivity index (χ3n) is 2.32. The van der Waals surface area contributed by atoms with Crippen LogP contribution in [0.2, 0.25) is 0 Å². The molecule has 4 heteroatoms. The van der Waals surface area contributed by atoms with E-state index in [-0.39, 0.29) is 5.97 Å². The molecule has 1 aliphatic rings. The van der Waals surface area contributed by atoms with Crippen LogP contribution in [0, 0.1) is 0 Å². The van der Waals surface area contributed by atoms with Crippen LogP contribution in [0.15, 0.2) is 16.9 Å². The van der Waals surface area contributed by atoms with Gasteiger partial charge in [-0.15, -0.1) is 0 Å². The molecule has 0 bridgehead atoms. The van der Waals surface area contributed by atoms with Crippen molar-refractivity contribution in [2.45, 2.75) is 18.8 Å². The van der Waals surface area contributed by atoms with Gasteiger partial charge in [-0.05, 0) is 46.3 Å². The van der Waals surface area contributed by atoms with Gasteiger partial charge in [0.2, 0.25) is 0 Å². The van der Waals surface area contributed by atoms with Crippen LogP contribution < -0.4 is 0 Å². The number of aromatic nitrogens is 1. The highest BCUT2D eigenvalue weighted by Gasteiger charge is 2.28. The number of hydrogen-bond donors (Lipinski definition) is 0. The molecule has 0 N–H and O–H groups in total. The summed E-state index contributed by atoms with van der Waals surface area (Å²) in [6, 6.07) is 1.72. The lowest BCUT2D eigenvalue weighted by Gasteiger charge is -2.06. The molecule has 0 unspecified atom stereocenters. The lowest BCUT2D eigenvalue weighted by atomic mass is 10.1. The largest absolute Gasteiger partial charge is 0.465 e. The molecule has 1 aliphatic carbocycles. The fourth-order valence-electron chi connectivity index (χ4n) is 1.45. The van der Waals surface area contributed by atoms with E-state index in [4.69, 9.17) is 4.74 Å². The summed E-state index contributed by atoms with van der Waals surface area (Å²) in [6.45, 7) is 0. The molecule has 0 spiro atoms. The van der Waals surface area contributed by atoms with E-state index in [9.17, 15) is 4.79 Å². The Morgan fingerprint density at radius 1 is 1.64 bits per heavy atom. The van der Waals surface area contributed by atoms with E-state index in [1.54, 1.807) is 12.3 Å². The van der Waals surface area contributed by atoms with Gasteiger partial charge in [0.1, 0.15) is 4.60 Å². The highest BCUT2D eigenvalue weighted by Crippen LogP contribution is 2.41. The monoisotopic (exact) mass is 255 g/mol. The van der Waals surface area contributed by atoms with Gasteiger partial charge in [-0.3, -0.25) is 0 Å². The standard InChI is InChI=1S/C10H10BrNO2/c1-14-10(13)7-4-9(11)12-5-8(7)6-2-3-6/h4-6H,2-3H2,1H3. The molecule has 0 saturated heterocycles. The number of pyridine rings is 1. The van der Waals surface area contributed by atoms with E-state index in [1.807, 2.05) is 0 Å². The van der Waals surface area contributed by atoms with Crippen molar-refractivity contribution in [2.24, 2.45) is 0 Å². The molecule has 0 aliphatic heterocycles. The van der Waals surface area contributed by atoms with Gasteiger partial charge in [0.25, 0.3) is 0 Å². The molecular formula is C10H10BrNO2. The Kier molecular flexibility index (Phi) is 2.54. The van der Waals surface area contributed by atoms with Gasteiger partial charge in [0.15, 0.2) is 0 Å². The molecule has 0 aromatic carbocycles. The van der Waals surface area contributed by atoms with Crippen LogP contribution >= 0.6 is 15.9 Å². The van der Waals surface area contributed by atoms with Crippen molar-refractivity contribution in [2.75, 3.05) is 7.11 Å². The summed E-state index contributed by atoms with van der Waals surface area (Å²) in [5.41, 5.74) is 1.65. The van der Waals surface area contributed by atoms with Crippen molar-refractivity contribution in [3.63, 3.8) is 0 Å². The first-order valence-electron chi connectivity index (χ1n) is 4.46. The Hall–Kier alpha value is -0.900. The third kappa shape index (κ3) is 1.80. The van der Waals surface area contributed by atoms with E-state index in [0.717, 1.165) is 18.4 Å². The summed E-state index contributed by atoms with van der Waals surface area (Å²) >= 11 is 3.24. The maximum absolute atomic E-state index is 11.4. The van der Waals surface area contributed by atoms with Crippen molar-refractivity contribution >= 4 is 21.9 Å². The molecule has 0 atom stereocenters. The van der Waals surface area contributed by atoms with Crippen molar-refractivity contribution in [3.8, 4) is 0 Å². The Balaban J connectivity index is 2.42. The fraction of sp³-hybridized carbons (Fsp3) is 0.400. The Labute approximate surface area is 90.6 Å². The SMILES string of the molecule is COC(=O)c1cc(Br)ncc1C1CC1. The van der Waals surface area contributed by atoms with Crippen LogP contribution in [0.4, 0.5) is 0 Å². The maximum atomic E-state index is 11.4. The summed E-state index contributed by atoms with van der Waals surface area (Å²) in [5.74, 6) is 0.222. The summed E-state index contributed by atoms with van der Waals surface area (Å²) in [4.78, 5) is 15.6. The third-order valence-corrected chi connectivity index (χ3v) is 2.76. The first-order valence-corrected chi connectivity index (χ1v) is 5.25. The minimum absolute atomic E-state index is 0.282. The lowest BCUT2D eigenvalue weighted by molar-refractivity contribution is 0.0599. The number of carbonyl (C=O) groups excluding carboxylic acids is 1. The van der Waals surface area contributed by atoms with Crippen molar-refractivity contribution in [1.29, 1.82) is 0 Å². The quantitative estimate of drug-likeness (QED) is 0.602. The maximum Gasteiger partial charge on any atom is 0.338 e. The molecule has 2 rings (SSSR count). The first-order chi connectivity index (χ1) is 6.72. The smallest absolute Gasteiger partial charge is 0.338 e. The van der Waals surface area contributed by atoms with E-state index < -0.39 is 0 Å². The number of carbonyl (C=O) groups is 1. The highest BCUT2D eigenvalue weighted by atomic mass is 79.9. The van der Waals surface area contributed by atoms with E-state index in [0.29, 0.717) is 16.1 Å². The van der Waals surface area contributed by atoms with Crippen LogP contribution in [0.3, 0.4) is 0 Å². The molecule has 0 radical (unpaired) electrons. The second kappa shape index (κ2) is 3.69. The molecule has 1 fully saturated rings. The highest BCUT2D eigenvalue weighted by molar-refractivity contribution is 9.10. The minimum atomic E-state index is -0.282. The molecule has 3 nitrogen and oxygen atoms in total. The van der Waals surface area contributed by atoms with Crippen molar-refractivity contribution < 1.29 is 9.53 Å². The van der Waals surface area contributed by atoms with E-state index >= 15 is 0 Å². The predicted molar refractivity (Wildman–Crippen MR) is 55.3 cm³/mol. The Morgan fingerprint density at radius 3 is 2.93 bits per heavy atom. The van der Waals surface area contributed by atoms with Gasteiger partial charge in [0, 0.05) is 6.20 Å². The summed E-state index contributed by atoms with van der Waals surface area (Å²) in [5, 5.41) is 0. The summed E-state index contributed by atoms with van der Waals surface area (Å²) < 4.78 is 5.39. The predicted octanol–water partition coefficient (Wildman–Crippen LogP) is 2.51. The number of ether oxygens (including phenoxy) is 1. The minimum Gasteiger partial charge on any atom is -0.465 e. The zero-order valence-electron chi connectivity index (χ0n) is 7.79. The fourth-order valence-corrected chi connectivity index (χ4v) is 1.78. The van der Waals surface area contributed by atoms with Crippen LogP contribution in [0.25, 0.3) is 0 Å². The van der Waals surface area contributed by atoms with Crippen LogP contribution in [0.5, 0.6) is 0 Å². The molecule has 74 valence electrons.